The molecule has 0 bridgehead atoms. The summed E-state index contributed by atoms with van der Waals surface area (Å²) in [5, 5.41) is 0. The number of hydrogen-bond donors (Lipinski definition) is 0. The van der Waals surface area contributed by atoms with Gasteiger partial charge in [-0.05, 0) is 25.7 Å². The summed E-state index contributed by atoms with van der Waals surface area (Å²) in [6.45, 7) is 11.5. The van der Waals surface area contributed by atoms with Crippen LogP contribution >= 0.6 is 20.0 Å². The summed E-state index contributed by atoms with van der Waals surface area (Å²) < 4.78 is 16.8. The molecule has 0 saturated heterocycles. The minimum atomic E-state index is -1.24. The highest BCUT2D eigenvalue weighted by molar-refractivity contribution is 8.51. The van der Waals surface area contributed by atoms with Crippen LogP contribution in [0.5, 0.6) is 0 Å². The second kappa shape index (κ2) is 8.75. The molecule has 0 rings (SSSR count). The highest BCUT2D eigenvalue weighted by Gasteiger charge is 2.18. The zero-order valence-corrected chi connectivity index (χ0v) is 13.7. The maximum absolute atomic E-state index is 5.80. The van der Waals surface area contributed by atoms with Crippen LogP contribution < -0.4 is 0 Å². The summed E-state index contributed by atoms with van der Waals surface area (Å²) in [7, 11) is -1.96. The van der Waals surface area contributed by atoms with E-state index in [4.69, 9.17) is 13.7 Å². The third-order valence-electron chi connectivity index (χ3n) is 2.45. The Labute approximate surface area is 111 Å². The Balaban J connectivity index is 3.83. The van der Waals surface area contributed by atoms with Crippen molar-refractivity contribution in [2.45, 2.75) is 20.6 Å². The van der Waals surface area contributed by atoms with Gasteiger partial charge in [-0.25, -0.2) is 0 Å². The van der Waals surface area contributed by atoms with Crippen LogP contribution in [0.4, 0.5) is 0 Å². The average Bonchev–Trinajstić information content (AvgIpc) is 2.32. The molecule has 0 aliphatic rings. The summed E-state index contributed by atoms with van der Waals surface area (Å²) in [4.78, 5) is 0. The molecule has 0 aliphatic heterocycles. The zero-order valence-electron chi connectivity index (χ0n) is 12.0. The summed E-state index contributed by atoms with van der Waals surface area (Å²) in [5.74, 6) is 1.41. The van der Waals surface area contributed by atoms with Crippen molar-refractivity contribution in [2.24, 2.45) is 0 Å². The summed E-state index contributed by atoms with van der Waals surface area (Å²) in [5.41, 5.74) is 0. The van der Waals surface area contributed by atoms with Crippen molar-refractivity contribution in [1.82, 2.24) is 0 Å². The van der Waals surface area contributed by atoms with Crippen molar-refractivity contribution in [3.8, 4) is 0 Å². The highest BCUT2D eigenvalue weighted by atomic mass is 32.3. The number of rotatable bonds is 10. The molecule has 0 heterocycles. The lowest BCUT2D eigenvalue weighted by Crippen LogP contribution is -2.18. The molecule has 0 N–H and O–H groups in total. The molecule has 1 atom stereocenters. The van der Waals surface area contributed by atoms with Crippen LogP contribution in [-0.2, 0) is 13.7 Å². The SMILES string of the molecule is C[B]S(C)(C)COCOS(C)([B]C)COCC. The highest BCUT2D eigenvalue weighted by Crippen LogP contribution is 2.43. The molecule has 0 saturated carbocycles. The van der Waals surface area contributed by atoms with Gasteiger partial charge in [0.25, 0.3) is 0 Å². The fraction of sp³-hybridized carbons (Fsp3) is 1.00. The second-order valence-corrected chi connectivity index (χ2v) is 11.4. The van der Waals surface area contributed by atoms with Gasteiger partial charge in [0.05, 0.1) is 11.9 Å². The molecule has 0 spiro atoms. The zero-order chi connectivity index (χ0) is 13.4. The van der Waals surface area contributed by atoms with E-state index in [1.54, 1.807) is 0 Å². The lowest BCUT2D eigenvalue weighted by molar-refractivity contribution is 0.0502. The minimum Gasteiger partial charge on any atom is -0.372 e. The van der Waals surface area contributed by atoms with Crippen LogP contribution in [0, 0.1) is 0 Å². The van der Waals surface area contributed by atoms with Crippen LogP contribution in [0.1, 0.15) is 6.92 Å². The first-order valence-corrected chi connectivity index (χ1v) is 10.6. The third-order valence-corrected chi connectivity index (χ3v) is 6.76. The predicted molar refractivity (Wildman–Crippen MR) is 84.6 cm³/mol. The molecular weight excluding hydrogens is 254 g/mol. The summed E-state index contributed by atoms with van der Waals surface area (Å²) in [6, 6.07) is 0. The Kier molecular flexibility index (Phi) is 9.12. The van der Waals surface area contributed by atoms with E-state index < -0.39 is 20.0 Å². The van der Waals surface area contributed by atoms with Gasteiger partial charge < -0.3 is 13.7 Å². The Morgan fingerprint density at radius 2 is 1.59 bits per heavy atom. The van der Waals surface area contributed by atoms with Gasteiger partial charge in [0.15, 0.2) is 13.4 Å². The average molecular weight is 280 g/mol. The topological polar surface area (TPSA) is 27.7 Å². The maximum Gasteiger partial charge on any atom is 0.202 e. The lowest BCUT2D eigenvalue weighted by atomic mass is 10.2. The van der Waals surface area contributed by atoms with Gasteiger partial charge in [-0.15, -0.1) is 0 Å². The van der Waals surface area contributed by atoms with Crippen molar-refractivity contribution in [2.75, 3.05) is 44.0 Å². The van der Waals surface area contributed by atoms with E-state index in [1.807, 2.05) is 13.7 Å². The van der Waals surface area contributed by atoms with Crippen LogP contribution in [0.15, 0.2) is 0 Å². The number of ether oxygens (including phenoxy) is 2. The van der Waals surface area contributed by atoms with E-state index in [1.165, 1.54) is 0 Å². The quantitative estimate of drug-likeness (QED) is 0.350. The molecule has 0 fully saturated rings. The van der Waals surface area contributed by atoms with Gasteiger partial charge in [0, 0.05) is 6.61 Å². The largest absolute Gasteiger partial charge is 0.372 e. The lowest BCUT2D eigenvalue weighted by Gasteiger charge is -2.35. The number of hydrogen-bond acceptors (Lipinski definition) is 3. The standard InChI is InChI=1S/C10H26B2O3S2/c1-7-13-10-17(6,12-3)15-8-14-9-16(4,5)11-2/h7-10H2,1-6H3. The molecule has 0 amide bonds. The smallest absolute Gasteiger partial charge is 0.202 e. The molecule has 0 aliphatic carbocycles. The summed E-state index contributed by atoms with van der Waals surface area (Å²) in [6.07, 6.45) is 6.55. The van der Waals surface area contributed by atoms with Gasteiger partial charge in [0.2, 0.25) is 6.56 Å². The molecule has 0 aromatic rings. The minimum absolute atomic E-state index is 0.355. The molecule has 3 nitrogen and oxygen atoms in total. The van der Waals surface area contributed by atoms with E-state index in [0.717, 1.165) is 12.5 Å². The van der Waals surface area contributed by atoms with E-state index >= 15 is 0 Å². The first-order valence-electron chi connectivity index (χ1n) is 5.75. The van der Waals surface area contributed by atoms with Crippen LogP contribution in [0.3, 0.4) is 0 Å². The monoisotopic (exact) mass is 280 g/mol. The van der Waals surface area contributed by atoms with Crippen molar-refractivity contribution in [3.05, 3.63) is 0 Å². The summed E-state index contributed by atoms with van der Waals surface area (Å²) >= 11 is 0. The fourth-order valence-corrected chi connectivity index (χ4v) is 2.64. The normalized spacial score (nSPS) is 18.2. The van der Waals surface area contributed by atoms with Gasteiger partial charge in [-0.1, -0.05) is 13.6 Å². The van der Waals surface area contributed by atoms with Crippen LogP contribution in [0.2, 0.25) is 13.6 Å². The molecule has 1 unspecified atom stereocenters. The molecular formula is C10H26B2O3S2. The van der Waals surface area contributed by atoms with E-state index in [0.29, 0.717) is 12.7 Å². The molecule has 2 radical (unpaired) electrons. The van der Waals surface area contributed by atoms with Crippen LogP contribution in [0.25, 0.3) is 0 Å². The van der Waals surface area contributed by atoms with Crippen molar-refractivity contribution < 1.29 is 13.7 Å². The Morgan fingerprint density at radius 1 is 0.941 bits per heavy atom. The van der Waals surface area contributed by atoms with Crippen LogP contribution in [-0.4, -0.2) is 57.2 Å². The Hall–Kier alpha value is 0.710. The van der Waals surface area contributed by atoms with Crippen molar-refractivity contribution in [3.63, 3.8) is 0 Å². The Morgan fingerprint density at radius 3 is 2.06 bits per heavy atom. The second-order valence-electron chi connectivity index (χ2n) is 4.34. The Bertz CT molecular complexity index is 208. The molecule has 17 heavy (non-hydrogen) atoms. The van der Waals surface area contributed by atoms with Gasteiger partial charge in [-0.3, -0.25) is 9.88 Å². The van der Waals surface area contributed by atoms with Gasteiger partial charge >= 0.3 is 0 Å². The molecule has 0 aromatic carbocycles. The van der Waals surface area contributed by atoms with E-state index in [9.17, 15) is 0 Å². The maximum atomic E-state index is 5.80. The molecule has 102 valence electrons. The predicted octanol–water partition coefficient (Wildman–Crippen LogP) is 2.68. The first-order chi connectivity index (χ1) is 7.89. The fourth-order valence-electron chi connectivity index (χ4n) is 0.880. The molecule has 0 aromatic heterocycles. The third kappa shape index (κ3) is 8.43. The molecule has 7 heteroatoms. The first kappa shape index (κ1) is 17.7. The van der Waals surface area contributed by atoms with Gasteiger partial charge in [-0.2, -0.15) is 10.2 Å². The van der Waals surface area contributed by atoms with Crippen molar-refractivity contribution >= 4 is 33.2 Å². The van der Waals surface area contributed by atoms with E-state index in [2.05, 4.69) is 38.7 Å². The van der Waals surface area contributed by atoms with Gasteiger partial charge in [0.1, 0.15) is 0 Å². The van der Waals surface area contributed by atoms with Crippen molar-refractivity contribution in [1.29, 1.82) is 0 Å². The van der Waals surface area contributed by atoms with E-state index in [-0.39, 0.29) is 0 Å².